The first-order chi connectivity index (χ1) is 7.84. The minimum absolute atomic E-state index is 0.607. The van der Waals surface area contributed by atoms with Gasteiger partial charge >= 0.3 is 0 Å². The van der Waals surface area contributed by atoms with Crippen molar-refractivity contribution in [1.29, 1.82) is 0 Å². The largest absolute Gasteiger partial charge is 0.354 e. The Labute approximate surface area is 96.9 Å². The molecule has 2 aromatic rings. The van der Waals surface area contributed by atoms with E-state index in [4.69, 9.17) is 11.6 Å². The molecule has 1 aromatic carbocycles. The number of benzene rings is 1. The molecule has 3 N–H and O–H groups in total. The molecule has 0 aliphatic carbocycles. The first kappa shape index (κ1) is 9.47. The predicted octanol–water partition coefficient (Wildman–Crippen LogP) is 1.59. The summed E-state index contributed by atoms with van der Waals surface area (Å²) in [5.41, 5.74) is 2.51. The number of nitrogens with one attached hydrogen (secondary N) is 3. The molecule has 1 aliphatic heterocycles. The molecule has 0 spiro atoms. The van der Waals surface area contributed by atoms with Crippen LogP contribution in [0.2, 0.25) is 5.02 Å². The summed E-state index contributed by atoms with van der Waals surface area (Å²) in [5.74, 6) is 0.761. The molecule has 0 amide bonds. The highest BCUT2D eigenvalue weighted by atomic mass is 35.5. The fourth-order valence-corrected chi connectivity index (χ4v) is 1.94. The molecule has 6 heteroatoms. The van der Waals surface area contributed by atoms with Crippen molar-refractivity contribution < 1.29 is 0 Å². The molecule has 16 heavy (non-hydrogen) atoms. The van der Waals surface area contributed by atoms with E-state index in [2.05, 4.69) is 25.6 Å². The van der Waals surface area contributed by atoms with Gasteiger partial charge in [-0.2, -0.15) is 0 Å². The topological polar surface area (TPSA) is 65.1 Å². The second-order valence-electron chi connectivity index (χ2n) is 3.51. The van der Waals surface area contributed by atoms with Crippen LogP contribution in [-0.4, -0.2) is 29.0 Å². The molecule has 1 aliphatic rings. The lowest BCUT2D eigenvalue weighted by Gasteiger charge is -2.08. The van der Waals surface area contributed by atoms with E-state index in [0.29, 0.717) is 5.02 Å². The van der Waals surface area contributed by atoms with Crippen LogP contribution >= 0.6 is 11.6 Å². The van der Waals surface area contributed by atoms with Gasteiger partial charge < -0.3 is 15.6 Å². The van der Waals surface area contributed by atoms with Gasteiger partial charge in [0.1, 0.15) is 5.52 Å². The Hall–Kier alpha value is -1.75. The van der Waals surface area contributed by atoms with Crippen molar-refractivity contribution >= 4 is 34.3 Å². The van der Waals surface area contributed by atoms with E-state index >= 15 is 0 Å². The van der Waals surface area contributed by atoms with Gasteiger partial charge in [0.05, 0.1) is 29.1 Å². The van der Waals surface area contributed by atoms with Crippen LogP contribution in [0.1, 0.15) is 0 Å². The van der Waals surface area contributed by atoms with Crippen LogP contribution in [0.5, 0.6) is 0 Å². The van der Waals surface area contributed by atoms with Crippen LogP contribution in [0.25, 0.3) is 11.0 Å². The number of guanidine groups is 1. The lowest BCUT2D eigenvalue weighted by molar-refractivity contribution is 0.959. The van der Waals surface area contributed by atoms with E-state index in [-0.39, 0.29) is 0 Å². The van der Waals surface area contributed by atoms with E-state index in [1.807, 2.05) is 12.1 Å². The number of rotatable bonds is 1. The highest BCUT2D eigenvalue weighted by Gasteiger charge is 2.10. The number of halogens is 1. The summed E-state index contributed by atoms with van der Waals surface area (Å²) >= 11 is 6.23. The van der Waals surface area contributed by atoms with Gasteiger partial charge in [-0.1, -0.05) is 11.6 Å². The van der Waals surface area contributed by atoms with Gasteiger partial charge in [-0.05, 0) is 12.1 Å². The summed E-state index contributed by atoms with van der Waals surface area (Å²) in [6.07, 6.45) is 1.63. The molecule has 5 nitrogen and oxygen atoms in total. The summed E-state index contributed by atoms with van der Waals surface area (Å²) in [6.45, 7) is 1.66. The summed E-state index contributed by atoms with van der Waals surface area (Å²) < 4.78 is 0. The van der Waals surface area contributed by atoms with Crippen LogP contribution in [0.3, 0.4) is 0 Å². The minimum atomic E-state index is 0.607. The van der Waals surface area contributed by atoms with Crippen molar-refractivity contribution in [3.05, 3.63) is 23.5 Å². The number of hydrogen-bond acceptors (Lipinski definition) is 4. The zero-order valence-electron chi connectivity index (χ0n) is 8.42. The number of aromatic nitrogens is 2. The Bertz CT molecular complexity index is 559. The Morgan fingerprint density at radius 3 is 3.12 bits per heavy atom. The van der Waals surface area contributed by atoms with E-state index in [9.17, 15) is 0 Å². The molecule has 0 radical (unpaired) electrons. The van der Waals surface area contributed by atoms with E-state index in [1.54, 1.807) is 6.33 Å². The summed E-state index contributed by atoms with van der Waals surface area (Å²) in [7, 11) is 0. The highest BCUT2D eigenvalue weighted by Crippen LogP contribution is 2.28. The van der Waals surface area contributed by atoms with Crippen molar-refractivity contribution in [2.45, 2.75) is 0 Å². The molecule has 2 heterocycles. The van der Waals surface area contributed by atoms with Gasteiger partial charge in [-0.3, -0.25) is 4.99 Å². The van der Waals surface area contributed by atoms with E-state index in [0.717, 1.165) is 35.8 Å². The number of fused-ring (bicyclic) bond motifs is 1. The number of H-pyrrole nitrogens is 1. The van der Waals surface area contributed by atoms with E-state index in [1.165, 1.54) is 0 Å². The first-order valence-corrected chi connectivity index (χ1v) is 5.39. The van der Waals surface area contributed by atoms with Crippen molar-refractivity contribution in [2.75, 3.05) is 18.4 Å². The van der Waals surface area contributed by atoms with Crippen LogP contribution in [0, 0.1) is 0 Å². The minimum Gasteiger partial charge on any atom is -0.354 e. The lowest BCUT2D eigenvalue weighted by Crippen LogP contribution is -2.26. The standard InChI is InChI=1S/C10H10ClN5/c11-8-6(16-10-12-3-4-13-10)1-2-7-9(8)15-5-14-7/h1-2,5H,3-4H2,(H,14,15)(H2,12,13,16). The Morgan fingerprint density at radius 2 is 2.31 bits per heavy atom. The Kier molecular flexibility index (Phi) is 2.18. The molecule has 82 valence electrons. The van der Waals surface area contributed by atoms with Crippen molar-refractivity contribution in [1.82, 2.24) is 15.3 Å². The number of aromatic amines is 1. The summed E-state index contributed by atoms with van der Waals surface area (Å²) in [4.78, 5) is 11.4. The molecule has 0 unspecified atom stereocenters. The molecular formula is C10H10ClN5. The average Bonchev–Trinajstić information content (AvgIpc) is 2.93. The van der Waals surface area contributed by atoms with E-state index < -0.39 is 0 Å². The second kappa shape index (κ2) is 3.68. The molecule has 0 fully saturated rings. The van der Waals surface area contributed by atoms with Crippen molar-refractivity contribution in [3.63, 3.8) is 0 Å². The number of imidazole rings is 1. The lowest BCUT2D eigenvalue weighted by atomic mass is 10.3. The molecule has 1 aromatic heterocycles. The van der Waals surface area contributed by atoms with Crippen LogP contribution in [0.15, 0.2) is 23.5 Å². The number of hydrogen-bond donors (Lipinski definition) is 3. The maximum Gasteiger partial charge on any atom is 0.195 e. The maximum absolute atomic E-state index is 6.23. The fraction of sp³-hybridized carbons (Fsp3) is 0.200. The smallest absolute Gasteiger partial charge is 0.195 e. The zero-order chi connectivity index (χ0) is 11.0. The maximum atomic E-state index is 6.23. The average molecular weight is 236 g/mol. The van der Waals surface area contributed by atoms with Gasteiger partial charge in [0.25, 0.3) is 0 Å². The number of nitrogens with zero attached hydrogens (tertiary/aromatic N) is 2. The van der Waals surface area contributed by atoms with Gasteiger partial charge in [0, 0.05) is 6.54 Å². The SMILES string of the molecule is Clc1c(NC2=NCCN2)ccc2[nH]cnc12. The molecule has 0 saturated heterocycles. The molecule has 0 bridgehead atoms. The molecule has 0 atom stereocenters. The number of aliphatic imine (C=N–C) groups is 1. The first-order valence-electron chi connectivity index (χ1n) is 5.01. The Morgan fingerprint density at radius 1 is 1.38 bits per heavy atom. The zero-order valence-corrected chi connectivity index (χ0v) is 9.17. The third-order valence-corrected chi connectivity index (χ3v) is 2.84. The number of anilines is 1. The molecule has 0 saturated carbocycles. The Balaban J connectivity index is 1.99. The third kappa shape index (κ3) is 1.49. The quantitative estimate of drug-likeness (QED) is 0.703. The third-order valence-electron chi connectivity index (χ3n) is 2.46. The fourth-order valence-electron chi connectivity index (χ4n) is 1.68. The van der Waals surface area contributed by atoms with Crippen LogP contribution < -0.4 is 10.6 Å². The summed E-state index contributed by atoms with van der Waals surface area (Å²) in [5, 5.41) is 6.88. The summed E-state index contributed by atoms with van der Waals surface area (Å²) in [6, 6.07) is 3.84. The van der Waals surface area contributed by atoms with Crippen LogP contribution in [0.4, 0.5) is 5.69 Å². The molecular weight excluding hydrogens is 226 g/mol. The van der Waals surface area contributed by atoms with Crippen molar-refractivity contribution in [2.24, 2.45) is 4.99 Å². The van der Waals surface area contributed by atoms with Crippen LogP contribution in [-0.2, 0) is 0 Å². The van der Waals surface area contributed by atoms with Gasteiger partial charge in [-0.15, -0.1) is 0 Å². The van der Waals surface area contributed by atoms with Gasteiger partial charge in [0.15, 0.2) is 5.96 Å². The van der Waals surface area contributed by atoms with Gasteiger partial charge in [-0.25, -0.2) is 4.98 Å². The molecule has 3 rings (SSSR count). The monoisotopic (exact) mass is 235 g/mol. The van der Waals surface area contributed by atoms with Gasteiger partial charge in [0.2, 0.25) is 0 Å². The van der Waals surface area contributed by atoms with Crippen molar-refractivity contribution in [3.8, 4) is 0 Å². The second-order valence-corrected chi connectivity index (χ2v) is 3.89. The predicted molar refractivity (Wildman–Crippen MR) is 65.0 cm³/mol. The normalized spacial score (nSPS) is 14.9. The highest BCUT2D eigenvalue weighted by molar-refractivity contribution is 6.38.